The van der Waals surface area contributed by atoms with E-state index >= 15 is 0 Å². The van der Waals surface area contributed by atoms with Gasteiger partial charge >= 0.3 is 5.97 Å². The Morgan fingerprint density at radius 1 is 1.00 bits per heavy atom. The molecule has 2 aliphatic heterocycles. The zero-order valence-corrected chi connectivity index (χ0v) is 18.7. The van der Waals surface area contributed by atoms with Gasteiger partial charge in [0.1, 0.15) is 0 Å². The van der Waals surface area contributed by atoms with Crippen LogP contribution in [-0.4, -0.2) is 50.8 Å². The summed E-state index contributed by atoms with van der Waals surface area (Å²) in [7, 11) is -4.01. The van der Waals surface area contributed by atoms with E-state index in [-0.39, 0.29) is 43.3 Å². The molecule has 0 N–H and O–H groups in total. The van der Waals surface area contributed by atoms with E-state index in [9.17, 15) is 26.8 Å². The number of halogens is 2. The number of nitrogens with zero attached hydrogens (tertiary/aromatic N) is 2. The molecule has 0 aliphatic carbocycles. The number of fused-ring (bicyclic) bond motifs is 1. The van der Waals surface area contributed by atoms with E-state index in [0.717, 1.165) is 40.5 Å². The van der Waals surface area contributed by atoms with Gasteiger partial charge in [-0.15, -0.1) is 0 Å². The molecule has 176 valence electrons. The van der Waals surface area contributed by atoms with Gasteiger partial charge in [0.05, 0.1) is 10.8 Å². The van der Waals surface area contributed by atoms with Crippen LogP contribution in [0.25, 0.3) is 0 Å². The number of para-hydroxylation sites is 1. The van der Waals surface area contributed by atoms with Gasteiger partial charge in [-0.2, -0.15) is 4.31 Å². The molecule has 2 aliphatic rings. The van der Waals surface area contributed by atoms with Crippen molar-refractivity contribution in [1.29, 1.82) is 0 Å². The molecule has 7 nitrogen and oxygen atoms in total. The highest BCUT2D eigenvalue weighted by atomic mass is 32.2. The second kappa shape index (κ2) is 9.56. The number of anilines is 1. The van der Waals surface area contributed by atoms with Gasteiger partial charge in [-0.05, 0) is 55.5 Å². The lowest BCUT2D eigenvalue weighted by Crippen LogP contribution is -2.42. The Kier molecular flexibility index (Phi) is 6.76. The molecule has 0 unspecified atom stereocenters. The molecule has 1 amide bonds. The quantitative estimate of drug-likeness (QED) is 0.617. The fourth-order valence-corrected chi connectivity index (χ4v) is 5.72. The Balaban J connectivity index is 1.31. The summed E-state index contributed by atoms with van der Waals surface area (Å²) >= 11 is 0. The Hall–Kier alpha value is -2.85. The molecule has 1 saturated heterocycles. The van der Waals surface area contributed by atoms with Crippen molar-refractivity contribution in [2.24, 2.45) is 5.92 Å². The van der Waals surface area contributed by atoms with Crippen LogP contribution < -0.4 is 4.90 Å². The summed E-state index contributed by atoms with van der Waals surface area (Å²) in [5, 5.41) is 0. The van der Waals surface area contributed by atoms with Crippen LogP contribution in [0.15, 0.2) is 47.4 Å². The van der Waals surface area contributed by atoms with Crippen LogP contribution in [0.4, 0.5) is 14.5 Å². The molecule has 4 rings (SSSR count). The van der Waals surface area contributed by atoms with Gasteiger partial charge in [-0.25, -0.2) is 17.2 Å². The van der Waals surface area contributed by atoms with Crippen molar-refractivity contribution in [2.75, 3.05) is 31.1 Å². The van der Waals surface area contributed by atoms with E-state index in [1.807, 2.05) is 24.3 Å². The molecule has 33 heavy (non-hydrogen) atoms. The summed E-state index contributed by atoms with van der Waals surface area (Å²) in [5.74, 6) is -3.75. The van der Waals surface area contributed by atoms with E-state index < -0.39 is 33.5 Å². The van der Waals surface area contributed by atoms with Gasteiger partial charge in [-0.3, -0.25) is 9.59 Å². The molecule has 0 radical (unpaired) electrons. The highest BCUT2D eigenvalue weighted by molar-refractivity contribution is 7.89. The van der Waals surface area contributed by atoms with Crippen molar-refractivity contribution >= 4 is 27.6 Å². The van der Waals surface area contributed by atoms with Gasteiger partial charge in [-0.1, -0.05) is 18.2 Å². The standard InChI is InChI=1S/C23H24F2N2O5S/c24-19-8-7-18(14-20(19)25)33(30,31)26-12-9-17(10-13-26)23(29)32-15-22(28)27-11-3-5-16-4-1-2-6-21(16)27/h1-2,4,6-8,14,17H,3,5,9-13,15H2. The topological polar surface area (TPSA) is 84.0 Å². The largest absolute Gasteiger partial charge is 0.455 e. The average Bonchev–Trinajstić information content (AvgIpc) is 2.83. The fraction of sp³-hybridized carbons (Fsp3) is 0.391. The molecule has 0 atom stereocenters. The summed E-state index contributed by atoms with van der Waals surface area (Å²) < 4.78 is 58.4. The summed E-state index contributed by atoms with van der Waals surface area (Å²) in [5.41, 5.74) is 1.92. The molecule has 10 heteroatoms. The summed E-state index contributed by atoms with van der Waals surface area (Å²) in [6, 6.07) is 10.1. The third kappa shape index (κ3) is 4.91. The first kappa shape index (κ1) is 23.3. The maximum Gasteiger partial charge on any atom is 0.309 e. The molecule has 1 fully saturated rings. The predicted molar refractivity (Wildman–Crippen MR) is 116 cm³/mol. The summed E-state index contributed by atoms with van der Waals surface area (Å²) in [6.45, 7) is 0.261. The Morgan fingerprint density at radius 2 is 1.73 bits per heavy atom. The second-order valence-electron chi connectivity index (χ2n) is 8.14. The zero-order valence-electron chi connectivity index (χ0n) is 17.9. The maximum atomic E-state index is 13.5. The van der Waals surface area contributed by atoms with E-state index in [1.54, 1.807) is 4.90 Å². The number of amides is 1. The SMILES string of the molecule is O=C(OCC(=O)N1CCCc2ccccc21)C1CCN(S(=O)(=O)c2ccc(F)c(F)c2)CC1. The number of rotatable bonds is 5. The van der Waals surface area contributed by atoms with Crippen LogP contribution in [0.5, 0.6) is 0 Å². The van der Waals surface area contributed by atoms with Crippen LogP contribution in [0.3, 0.4) is 0 Å². The third-order valence-corrected chi connectivity index (χ3v) is 7.96. The Labute approximate surface area is 191 Å². The first-order valence-electron chi connectivity index (χ1n) is 10.8. The number of ether oxygens (including phenoxy) is 1. The molecule has 2 aromatic rings. The highest BCUT2D eigenvalue weighted by Gasteiger charge is 2.34. The molecule has 0 aromatic heterocycles. The number of aryl methyl sites for hydroxylation is 1. The second-order valence-corrected chi connectivity index (χ2v) is 10.1. The van der Waals surface area contributed by atoms with E-state index in [0.29, 0.717) is 12.6 Å². The molecule has 0 spiro atoms. The van der Waals surface area contributed by atoms with Crippen LogP contribution in [-0.2, 0) is 30.8 Å². The minimum absolute atomic E-state index is 0.0363. The Bertz CT molecular complexity index is 1160. The van der Waals surface area contributed by atoms with Gasteiger partial charge < -0.3 is 9.64 Å². The van der Waals surface area contributed by atoms with E-state index in [1.165, 1.54) is 0 Å². The first-order chi connectivity index (χ1) is 15.8. The van der Waals surface area contributed by atoms with Crippen molar-refractivity contribution in [3.63, 3.8) is 0 Å². The molecule has 2 heterocycles. The van der Waals surface area contributed by atoms with Gasteiger partial charge in [0.15, 0.2) is 18.2 Å². The molecule has 0 bridgehead atoms. The molecule has 2 aromatic carbocycles. The van der Waals surface area contributed by atoms with Crippen molar-refractivity contribution in [1.82, 2.24) is 4.31 Å². The number of hydrogen-bond acceptors (Lipinski definition) is 5. The number of benzene rings is 2. The van der Waals surface area contributed by atoms with Crippen LogP contribution in [0.2, 0.25) is 0 Å². The number of esters is 1. The van der Waals surface area contributed by atoms with Crippen molar-refractivity contribution in [3.8, 4) is 0 Å². The van der Waals surface area contributed by atoms with Crippen molar-refractivity contribution in [3.05, 3.63) is 59.7 Å². The lowest BCUT2D eigenvalue weighted by atomic mass is 9.98. The average molecular weight is 479 g/mol. The predicted octanol–water partition coefficient (Wildman–Crippen LogP) is 2.89. The monoisotopic (exact) mass is 478 g/mol. The van der Waals surface area contributed by atoms with Gasteiger partial charge in [0, 0.05) is 25.3 Å². The Morgan fingerprint density at radius 3 is 2.45 bits per heavy atom. The third-order valence-electron chi connectivity index (χ3n) is 6.07. The molecular weight excluding hydrogens is 454 g/mol. The van der Waals surface area contributed by atoms with E-state index in [4.69, 9.17) is 4.74 Å². The van der Waals surface area contributed by atoms with Crippen molar-refractivity contribution in [2.45, 2.75) is 30.6 Å². The van der Waals surface area contributed by atoms with Crippen LogP contribution in [0, 0.1) is 17.6 Å². The number of hydrogen-bond donors (Lipinski definition) is 0. The van der Waals surface area contributed by atoms with Crippen molar-refractivity contribution < 1.29 is 31.5 Å². The summed E-state index contributed by atoms with van der Waals surface area (Å²) in [6.07, 6.45) is 2.15. The maximum absolute atomic E-state index is 13.5. The number of carbonyl (C=O) groups is 2. The number of piperidine rings is 1. The lowest BCUT2D eigenvalue weighted by Gasteiger charge is -2.31. The minimum atomic E-state index is -4.01. The zero-order chi connectivity index (χ0) is 23.6. The van der Waals surface area contributed by atoms with E-state index in [2.05, 4.69) is 0 Å². The number of carbonyl (C=O) groups excluding carboxylic acids is 2. The number of sulfonamides is 1. The highest BCUT2D eigenvalue weighted by Crippen LogP contribution is 2.28. The minimum Gasteiger partial charge on any atom is -0.455 e. The van der Waals surface area contributed by atoms with Gasteiger partial charge in [0.2, 0.25) is 10.0 Å². The molecular formula is C23H24F2N2O5S. The fourth-order valence-electron chi connectivity index (χ4n) is 4.24. The smallest absolute Gasteiger partial charge is 0.309 e. The first-order valence-corrected chi connectivity index (χ1v) is 12.2. The van der Waals surface area contributed by atoms with Crippen LogP contribution >= 0.6 is 0 Å². The molecule has 0 saturated carbocycles. The van der Waals surface area contributed by atoms with Gasteiger partial charge in [0.25, 0.3) is 5.91 Å². The van der Waals surface area contributed by atoms with Crippen LogP contribution in [0.1, 0.15) is 24.8 Å². The normalized spacial score (nSPS) is 17.5. The lowest BCUT2D eigenvalue weighted by molar-refractivity contribution is -0.153. The summed E-state index contributed by atoms with van der Waals surface area (Å²) in [4.78, 5) is 26.4.